The maximum atomic E-state index is 14.2. The zero-order valence-corrected chi connectivity index (χ0v) is 10.2. The second-order valence-electron chi connectivity index (χ2n) is 4.49. The Kier molecular flexibility index (Phi) is 2.89. The second-order valence-corrected chi connectivity index (χ2v) is 4.49. The van der Waals surface area contributed by atoms with Gasteiger partial charge in [-0.1, -0.05) is 0 Å². The van der Waals surface area contributed by atoms with E-state index in [-0.39, 0.29) is 22.6 Å². The summed E-state index contributed by atoms with van der Waals surface area (Å²) in [6.45, 7) is -0.676. The number of nitrogen functional groups attached to an aromatic ring is 1. The van der Waals surface area contributed by atoms with Gasteiger partial charge in [0.1, 0.15) is 35.9 Å². The summed E-state index contributed by atoms with van der Waals surface area (Å²) in [6, 6.07) is -1.20. The summed E-state index contributed by atoms with van der Waals surface area (Å²) in [5.74, 6) is -0.669. The van der Waals surface area contributed by atoms with Crippen molar-refractivity contribution in [2.24, 2.45) is 0 Å². The highest BCUT2D eigenvalue weighted by atomic mass is 19.1. The van der Waals surface area contributed by atoms with Crippen LogP contribution in [-0.4, -0.2) is 53.7 Å². The molecule has 0 bridgehead atoms. The molecule has 2 aromatic heterocycles. The van der Waals surface area contributed by atoms with Crippen molar-refractivity contribution in [3.8, 4) is 0 Å². The van der Waals surface area contributed by atoms with Gasteiger partial charge in [-0.15, -0.1) is 0 Å². The van der Waals surface area contributed by atoms with Crippen molar-refractivity contribution >= 4 is 17.0 Å². The van der Waals surface area contributed by atoms with E-state index in [1.807, 2.05) is 0 Å². The minimum atomic E-state index is -1.47. The Morgan fingerprint density at radius 1 is 1.30 bits per heavy atom. The molecule has 2 aromatic rings. The molecule has 0 amide bonds. The molecule has 2 heterocycles. The molecule has 0 saturated carbocycles. The number of rotatable bonds is 2. The summed E-state index contributed by atoms with van der Waals surface area (Å²) in [6.07, 6.45) is -0.453. The lowest BCUT2D eigenvalue weighted by Gasteiger charge is -2.18. The Morgan fingerprint density at radius 3 is 2.70 bits per heavy atom. The van der Waals surface area contributed by atoms with E-state index in [0.29, 0.717) is 0 Å². The molecule has 106 valence electrons. The van der Waals surface area contributed by atoms with Crippen LogP contribution in [0.5, 0.6) is 0 Å². The van der Waals surface area contributed by atoms with E-state index in [1.165, 1.54) is 17.2 Å². The molecule has 0 saturated heterocycles. The number of aliphatic hydroxyl groups is 3. The predicted molar refractivity (Wildman–Crippen MR) is 66.0 cm³/mol. The largest absolute Gasteiger partial charge is 0.392 e. The van der Waals surface area contributed by atoms with Gasteiger partial charge >= 0.3 is 0 Å². The SMILES string of the molecule is Nc1ncnc2c1ncn2C1C(F)=C(CO)C(O)C1O. The summed E-state index contributed by atoms with van der Waals surface area (Å²) >= 11 is 0. The zero-order chi connectivity index (χ0) is 14.4. The van der Waals surface area contributed by atoms with E-state index in [1.54, 1.807) is 0 Å². The van der Waals surface area contributed by atoms with Crippen LogP contribution >= 0.6 is 0 Å². The van der Waals surface area contributed by atoms with Crippen LogP contribution in [0, 0.1) is 0 Å². The van der Waals surface area contributed by atoms with E-state index in [4.69, 9.17) is 10.8 Å². The quantitative estimate of drug-likeness (QED) is 0.549. The van der Waals surface area contributed by atoms with Gasteiger partial charge in [0.15, 0.2) is 11.5 Å². The van der Waals surface area contributed by atoms with Gasteiger partial charge in [-0.2, -0.15) is 0 Å². The standard InChI is InChI=1S/C11H12FN5O3/c12-5-4(1-18)8(19)9(20)7(5)17-3-16-6-10(13)14-2-15-11(6)17/h2-3,7-9,18-20H,1H2,(H2,13,14,15). The van der Waals surface area contributed by atoms with E-state index >= 15 is 0 Å². The smallest absolute Gasteiger partial charge is 0.166 e. The van der Waals surface area contributed by atoms with Gasteiger partial charge in [0.25, 0.3) is 0 Å². The van der Waals surface area contributed by atoms with Crippen LogP contribution in [0.2, 0.25) is 0 Å². The third-order valence-electron chi connectivity index (χ3n) is 3.43. The lowest BCUT2D eigenvalue weighted by Crippen LogP contribution is -2.30. The van der Waals surface area contributed by atoms with Gasteiger partial charge in [0.05, 0.1) is 12.9 Å². The van der Waals surface area contributed by atoms with Gasteiger partial charge in [-0.25, -0.2) is 19.3 Å². The number of fused-ring (bicyclic) bond motifs is 1. The molecule has 3 atom stereocenters. The molecule has 1 aliphatic rings. The summed E-state index contributed by atoms with van der Waals surface area (Å²) in [5, 5.41) is 28.7. The Labute approximate surface area is 112 Å². The molecular weight excluding hydrogens is 269 g/mol. The third kappa shape index (κ3) is 1.60. The van der Waals surface area contributed by atoms with Crippen LogP contribution in [0.3, 0.4) is 0 Å². The number of imidazole rings is 1. The molecule has 5 N–H and O–H groups in total. The van der Waals surface area contributed by atoms with Gasteiger partial charge in [0, 0.05) is 5.57 Å². The van der Waals surface area contributed by atoms with Crippen LogP contribution in [0.15, 0.2) is 24.1 Å². The molecule has 9 heteroatoms. The lowest BCUT2D eigenvalue weighted by molar-refractivity contribution is 0.0262. The molecule has 8 nitrogen and oxygen atoms in total. The van der Waals surface area contributed by atoms with E-state index in [2.05, 4.69) is 15.0 Å². The molecule has 0 aliphatic heterocycles. The van der Waals surface area contributed by atoms with Crippen molar-refractivity contribution in [2.75, 3.05) is 12.3 Å². The summed E-state index contributed by atoms with van der Waals surface area (Å²) in [5.41, 5.74) is 5.91. The van der Waals surface area contributed by atoms with Crippen molar-refractivity contribution in [1.82, 2.24) is 19.5 Å². The molecule has 0 radical (unpaired) electrons. The first-order valence-electron chi connectivity index (χ1n) is 5.84. The van der Waals surface area contributed by atoms with Crippen LogP contribution in [0.1, 0.15) is 6.04 Å². The number of halogens is 1. The third-order valence-corrected chi connectivity index (χ3v) is 3.43. The number of nitrogens with zero attached hydrogens (tertiary/aromatic N) is 4. The highest BCUT2D eigenvalue weighted by Crippen LogP contribution is 2.38. The van der Waals surface area contributed by atoms with Crippen LogP contribution in [-0.2, 0) is 0 Å². The average molecular weight is 281 g/mol. The van der Waals surface area contributed by atoms with Crippen molar-refractivity contribution in [3.63, 3.8) is 0 Å². The van der Waals surface area contributed by atoms with E-state index in [9.17, 15) is 14.6 Å². The summed E-state index contributed by atoms with van der Waals surface area (Å²) in [4.78, 5) is 11.7. The highest BCUT2D eigenvalue weighted by Gasteiger charge is 2.43. The second kappa shape index (κ2) is 4.47. The van der Waals surface area contributed by atoms with Crippen LogP contribution in [0.25, 0.3) is 11.2 Å². The lowest BCUT2D eigenvalue weighted by atomic mass is 10.1. The number of nitrogens with two attached hydrogens (primary N) is 1. The van der Waals surface area contributed by atoms with Crippen LogP contribution < -0.4 is 5.73 Å². The molecule has 1 aliphatic carbocycles. The first-order valence-corrected chi connectivity index (χ1v) is 5.84. The Hall–Kier alpha value is -2.10. The number of aromatic nitrogens is 4. The van der Waals surface area contributed by atoms with Gasteiger partial charge in [0.2, 0.25) is 0 Å². The van der Waals surface area contributed by atoms with Gasteiger partial charge in [-0.05, 0) is 0 Å². The molecule has 3 unspecified atom stereocenters. The fourth-order valence-corrected chi connectivity index (χ4v) is 2.39. The minimum Gasteiger partial charge on any atom is -0.392 e. The molecule has 0 spiro atoms. The molecular formula is C11H12FN5O3. The fourth-order valence-electron chi connectivity index (χ4n) is 2.39. The molecule has 0 aromatic carbocycles. The average Bonchev–Trinajstić information content (AvgIpc) is 2.92. The Balaban J connectivity index is 2.17. The number of hydrogen-bond donors (Lipinski definition) is 4. The normalized spacial score (nSPS) is 26.7. The first kappa shape index (κ1) is 12.9. The first-order chi connectivity index (χ1) is 9.56. The Bertz CT molecular complexity index is 700. The zero-order valence-electron chi connectivity index (χ0n) is 10.2. The van der Waals surface area contributed by atoms with Crippen molar-refractivity contribution in [2.45, 2.75) is 18.2 Å². The fraction of sp³-hybridized carbons (Fsp3) is 0.364. The topological polar surface area (TPSA) is 130 Å². The van der Waals surface area contributed by atoms with Crippen molar-refractivity contribution in [1.29, 1.82) is 0 Å². The number of hydrogen-bond acceptors (Lipinski definition) is 7. The highest BCUT2D eigenvalue weighted by molar-refractivity contribution is 5.81. The molecule has 3 rings (SSSR count). The molecule has 20 heavy (non-hydrogen) atoms. The van der Waals surface area contributed by atoms with Crippen molar-refractivity contribution in [3.05, 3.63) is 24.1 Å². The number of anilines is 1. The predicted octanol–water partition coefficient (Wildman–Crippen LogP) is -1.10. The Morgan fingerprint density at radius 2 is 2.05 bits per heavy atom. The molecule has 0 fully saturated rings. The number of aliphatic hydroxyl groups excluding tert-OH is 3. The summed E-state index contributed by atoms with van der Waals surface area (Å²) < 4.78 is 15.5. The maximum absolute atomic E-state index is 14.2. The monoisotopic (exact) mass is 281 g/mol. The van der Waals surface area contributed by atoms with Crippen molar-refractivity contribution < 1.29 is 19.7 Å². The van der Waals surface area contributed by atoms with E-state index in [0.717, 1.165) is 0 Å². The van der Waals surface area contributed by atoms with Crippen LogP contribution in [0.4, 0.5) is 10.2 Å². The summed E-state index contributed by atoms with van der Waals surface area (Å²) in [7, 11) is 0. The van der Waals surface area contributed by atoms with E-state index < -0.39 is 30.7 Å². The van der Waals surface area contributed by atoms with Gasteiger partial charge < -0.3 is 25.6 Å². The minimum absolute atomic E-state index is 0.133. The maximum Gasteiger partial charge on any atom is 0.166 e. The van der Waals surface area contributed by atoms with Gasteiger partial charge in [-0.3, -0.25) is 0 Å².